The van der Waals surface area contributed by atoms with Gasteiger partial charge in [-0.25, -0.2) is 4.79 Å². The van der Waals surface area contributed by atoms with Crippen LogP contribution in [0.25, 0.3) is 0 Å². The zero-order valence-electron chi connectivity index (χ0n) is 10.7. The Hall–Kier alpha value is -1.73. The Morgan fingerprint density at radius 3 is 2.67 bits per heavy atom. The van der Waals surface area contributed by atoms with Gasteiger partial charge in [0, 0.05) is 27.0 Å². The van der Waals surface area contributed by atoms with Crippen molar-refractivity contribution in [2.75, 3.05) is 11.9 Å². The van der Waals surface area contributed by atoms with Gasteiger partial charge in [-0.2, -0.15) is 0 Å². The van der Waals surface area contributed by atoms with Crippen LogP contribution in [0.4, 0.5) is 5.69 Å². The van der Waals surface area contributed by atoms with Crippen LogP contribution in [0.15, 0.2) is 51.7 Å². The largest absolute Gasteiger partial charge is 0.452 e. The van der Waals surface area contributed by atoms with Crippen molar-refractivity contribution in [3.8, 4) is 0 Å². The molecule has 0 spiro atoms. The van der Waals surface area contributed by atoms with E-state index in [2.05, 4.69) is 42.2 Å². The normalized spacial score (nSPS) is 10.0. The average Bonchev–Trinajstić information content (AvgIpc) is 2.45. The number of aromatic nitrogens is 1. The molecule has 0 atom stereocenters. The molecule has 0 fully saturated rings. The summed E-state index contributed by atoms with van der Waals surface area (Å²) in [6.07, 6.45) is 2.93. The van der Waals surface area contributed by atoms with Crippen LogP contribution in [-0.4, -0.2) is 23.5 Å². The van der Waals surface area contributed by atoms with E-state index in [0.29, 0.717) is 10.2 Å². The Balaban J connectivity index is 1.88. The maximum atomic E-state index is 11.7. The molecule has 7 heteroatoms. The monoisotopic (exact) mass is 412 g/mol. The molecule has 2 aromatic rings. The van der Waals surface area contributed by atoms with E-state index in [4.69, 9.17) is 4.74 Å². The van der Waals surface area contributed by atoms with Crippen molar-refractivity contribution in [3.05, 3.63) is 57.2 Å². The average molecular weight is 414 g/mol. The third-order valence-corrected chi connectivity index (χ3v) is 3.31. The second-order valence-electron chi connectivity index (χ2n) is 4.03. The van der Waals surface area contributed by atoms with Crippen LogP contribution >= 0.6 is 31.9 Å². The van der Waals surface area contributed by atoms with Crippen molar-refractivity contribution in [2.45, 2.75) is 0 Å². The standard InChI is InChI=1S/C14H10Br2N2O3/c15-10-2-1-3-12(5-10)18-13(19)8-21-14(20)9-4-11(16)7-17-6-9/h1-7H,8H2,(H,18,19). The number of halogens is 2. The molecule has 0 aliphatic heterocycles. The molecule has 0 bridgehead atoms. The number of esters is 1. The minimum Gasteiger partial charge on any atom is -0.452 e. The Kier molecular flexibility index (Phi) is 5.46. The van der Waals surface area contributed by atoms with Crippen LogP contribution in [0.2, 0.25) is 0 Å². The van der Waals surface area contributed by atoms with Crippen molar-refractivity contribution in [2.24, 2.45) is 0 Å². The zero-order valence-corrected chi connectivity index (χ0v) is 13.8. The molecule has 1 aromatic carbocycles. The SMILES string of the molecule is O=C(COC(=O)c1cncc(Br)c1)Nc1cccc(Br)c1. The summed E-state index contributed by atoms with van der Waals surface area (Å²) in [5.74, 6) is -1.02. The predicted molar refractivity (Wildman–Crippen MR) is 85.0 cm³/mol. The van der Waals surface area contributed by atoms with Gasteiger partial charge in [-0.1, -0.05) is 22.0 Å². The number of nitrogens with zero attached hydrogens (tertiary/aromatic N) is 1. The highest BCUT2D eigenvalue weighted by Gasteiger charge is 2.11. The van der Waals surface area contributed by atoms with E-state index in [1.165, 1.54) is 6.20 Å². The summed E-state index contributed by atoms with van der Waals surface area (Å²) in [4.78, 5) is 27.3. The molecule has 1 aromatic heterocycles. The molecule has 0 aliphatic rings. The number of ether oxygens (including phenoxy) is 1. The van der Waals surface area contributed by atoms with Gasteiger partial charge in [-0.3, -0.25) is 9.78 Å². The molecule has 5 nitrogen and oxygen atoms in total. The van der Waals surface area contributed by atoms with Gasteiger partial charge in [-0.05, 0) is 40.2 Å². The number of carbonyl (C=O) groups excluding carboxylic acids is 2. The fraction of sp³-hybridized carbons (Fsp3) is 0.0714. The zero-order chi connectivity index (χ0) is 15.2. The molecular weight excluding hydrogens is 404 g/mol. The van der Waals surface area contributed by atoms with E-state index < -0.39 is 11.9 Å². The number of hydrogen-bond donors (Lipinski definition) is 1. The second-order valence-corrected chi connectivity index (χ2v) is 5.86. The highest BCUT2D eigenvalue weighted by Crippen LogP contribution is 2.15. The lowest BCUT2D eigenvalue weighted by atomic mass is 10.3. The summed E-state index contributed by atoms with van der Waals surface area (Å²) in [6.45, 7) is -0.363. The van der Waals surface area contributed by atoms with Crippen LogP contribution in [0.5, 0.6) is 0 Å². The minimum atomic E-state index is -0.604. The Morgan fingerprint density at radius 2 is 1.95 bits per heavy atom. The highest BCUT2D eigenvalue weighted by atomic mass is 79.9. The van der Waals surface area contributed by atoms with Crippen LogP contribution in [-0.2, 0) is 9.53 Å². The van der Waals surface area contributed by atoms with Crippen LogP contribution in [0, 0.1) is 0 Å². The van der Waals surface area contributed by atoms with Gasteiger partial charge in [0.05, 0.1) is 5.56 Å². The molecule has 0 radical (unpaired) electrons. The van der Waals surface area contributed by atoms with Crippen molar-refractivity contribution in [1.29, 1.82) is 0 Å². The summed E-state index contributed by atoms with van der Waals surface area (Å²) in [7, 11) is 0. The van der Waals surface area contributed by atoms with Crippen LogP contribution in [0.3, 0.4) is 0 Å². The quantitative estimate of drug-likeness (QED) is 0.780. The number of anilines is 1. The first kappa shape index (κ1) is 15.7. The summed E-state index contributed by atoms with van der Waals surface area (Å²) in [6, 6.07) is 8.69. The van der Waals surface area contributed by atoms with E-state index in [1.807, 2.05) is 6.07 Å². The van der Waals surface area contributed by atoms with Gasteiger partial charge in [0.2, 0.25) is 0 Å². The third kappa shape index (κ3) is 4.95. The van der Waals surface area contributed by atoms with Crippen molar-refractivity contribution >= 4 is 49.4 Å². The number of pyridine rings is 1. The highest BCUT2D eigenvalue weighted by molar-refractivity contribution is 9.10. The molecule has 0 unspecified atom stereocenters. The fourth-order valence-electron chi connectivity index (χ4n) is 1.50. The third-order valence-electron chi connectivity index (χ3n) is 2.38. The molecule has 1 heterocycles. The lowest BCUT2D eigenvalue weighted by molar-refractivity contribution is -0.119. The molecule has 1 N–H and O–H groups in total. The summed E-state index contributed by atoms with van der Waals surface area (Å²) < 4.78 is 6.43. The van der Waals surface area contributed by atoms with Gasteiger partial charge >= 0.3 is 5.97 Å². The Morgan fingerprint density at radius 1 is 1.14 bits per heavy atom. The molecule has 21 heavy (non-hydrogen) atoms. The summed E-state index contributed by atoms with van der Waals surface area (Å²) in [5, 5.41) is 2.63. The van der Waals surface area contributed by atoms with Crippen molar-refractivity contribution in [3.63, 3.8) is 0 Å². The van der Waals surface area contributed by atoms with Crippen LogP contribution in [0.1, 0.15) is 10.4 Å². The molecular formula is C14H10Br2N2O3. The maximum Gasteiger partial charge on any atom is 0.340 e. The number of nitrogens with one attached hydrogen (secondary N) is 1. The van der Waals surface area contributed by atoms with Crippen LogP contribution < -0.4 is 5.32 Å². The van der Waals surface area contributed by atoms with Gasteiger partial charge in [-0.15, -0.1) is 0 Å². The molecule has 0 saturated carbocycles. The predicted octanol–water partition coefficient (Wildman–Crippen LogP) is 3.40. The minimum absolute atomic E-state index is 0.277. The lowest BCUT2D eigenvalue weighted by Crippen LogP contribution is -2.21. The number of hydrogen-bond acceptors (Lipinski definition) is 4. The van der Waals surface area contributed by atoms with E-state index in [9.17, 15) is 9.59 Å². The number of rotatable bonds is 4. The van der Waals surface area contributed by atoms with E-state index in [0.717, 1.165) is 4.47 Å². The molecule has 108 valence electrons. The molecule has 0 saturated heterocycles. The molecule has 0 aliphatic carbocycles. The first-order chi connectivity index (χ1) is 10.0. The van der Waals surface area contributed by atoms with Gasteiger partial charge in [0.15, 0.2) is 6.61 Å². The maximum absolute atomic E-state index is 11.7. The van der Waals surface area contributed by atoms with Gasteiger partial charge in [0.25, 0.3) is 5.91 Å². The summed E-state index contributed by atoms with van der Waals surface area (Å²) in [5.41, 5.74) is 0.897. The molecule has 2 rings (SSSR count). The topological polar surface area (TPSA) is 68.3 Å². The Labute approximate surface area is 138 Å². The second kappa shape index (κ2) is 7.33. The Bertz CT molecular complexity index is 677. The number of benzene rings is 1. The van der Waals surface area contributed by atoms with Gasteiger partial charge in [0.1, 0.15) is 0 Å². The van der Waals surface area contributed by atoms with Crippen molar-refractivity contribution < 1.29 is 14.3 Å². The number of amides is 1. The fourth-order valence-corrected chi connectivity index (χ4v) is 2.27. The summed E-state index contributed by atoms with van der Waals surface area (Å²) >= 11 is 6.51. The van der Waals surface area contributed by atoms with E-state index >= 15 is 0 Å². The molecule has 1 amide bonds. The van der Waals surface area contributed by atoms with E-state index in [-0.39, 0.29) is 12.2 Å². The lowest BCUT2D eigenvalue weighted by Gasteiger charge is -2.07. The van der Waals surface area contributed by atoms with E-state index in [1.54, 1.807) is 30.5 Å². The number of carbonyl (C=O) groups is 2. The van der Waals surface area contributed by atoms with Gasteiger partial charge < -0.3 is 10.1 Å². The van der Waals surface area contributed by atoms with Crippen molar-refractivity contribution in [1.82, 2.24) is 4.98 Å². The smallest absolute Gasteiger partial charge is 0.340 e. The first-order valence-electron chi connectivity index (χ1n) is 5.88. The first-order valence-corrected chi connectivity index (χ1v) is 7.46.